The fourth-order valence-corrected chi connectivity index (χ4v) is 2.22. The number of aromatic nitrogens is 2. The van der Waals surface area contributed by atoms with E-state index in [1.807, 2.05) is 6.92 Å². The van der Waals surface area contributed by atoms with E-state index in [0.717, 1.165) is 29.6 Å². The zero-order valence-corrected chi connectivity index (χ0v) is 11.5. The van der Waals surface area contributed by atoms with Gasteiger partial charge in [0.25, 0.3) is 0 Å². The molecule has 16 heavy (non-hydrogen) atoms. The summed E-state index contributed by atoms with van der Waals surface area (Å²) in [5.74, 6) is 0. The van der Waals surface area contributed by atoms with Crippen molar-refractivity contribution in [3.8, 4) is 0 Å². The monoisotopic (exact) mass is 242 g/mol. The van der Waals surface area contributed by atoms with Crippen LogP contribution in [0.15, 0.2) is 0 Å². The van der Waals surface area contributed by atoms with Crippen molar-refractivity contribution in [3.63, 3.8) is 0 Å². The minimum Gasteiger partial charge on any atom is -0.346 e. The Labute approximate surface area is 102 Å². The molecular formula is C11H22N4S. The summed E-state index contributed by atoms with van der Waals surface area (Å²) in [6.07, 6.45) is 1.11. The molecule has 0 atom stereocenters. The van der Waals surface area contributed by atoms with E-state index in [2.05, 4.69) is 35.9 Å². The molecule has 0 saturated carbocycles. The normalized spacial score (nSPS) is 11.8. The second kappa shape index (κ2) is 5.59. The van der Waals surface area contributed by atoms with Gasteiger partial charge in [-0.1, -0.05) is 32.1 Å². The summed E-state index contributed by atoms with van der Waals surface area (Å²) in [7, 11) is 0. The maximum absolute atomic E-state index is 5.77. The van der Waals surface area contributed by atoms with Crippen LogP contribution in [-0.4, -0.2) is 29.8 Å². The van der Waals surface area contributed by atoms with Crippen LogP contribution in [0.5, 0.6) is 0 Å². The van der Waals surface area contributed by atoms with Crippen LogP contribution in [0, 0.1) is 12.3 Å². The van der Waals surface area contributed by atoms with E-state index in [-0.39, 0.29) is 5.41 Å². The van der Waals surface area contributed by atoms with Gasteiger partial charge in [-0.15, -0.1) is 10.2 Å². The molecule has 1 heterocycles. The second-order valence-corrected chi connectivity index (χ2v) is 6.05. The summed E-state index contributed by atoms with van der Waals surface area (Å²) in [6, 6.07) is 0. The van der Waals surface area contributed by atoms with Crippen molar-refractivity contribution in [2.75, 3.05) is 24.5 Å². The topological polar surface area (TPSA) is 55.0 Å². The Kier molecular flexibility index (Phi) is 4.68. The Morgan fingerprint density at radius 2 is 2.06 bits per heavy atom. The van der Waals surface area contributed by atoms with Crippen molar-refractivity contribution in [1.29, 1.82) is 0 Å². The van der Waals surface area contributed by atoms with Gasteiger partial charge in [0.05, 0.1) is 0 Å². The minimum absolute atomic E-state index is 0.120. The van der Waals surface area contributed by atoms with Gasteiger partial charge in [-0.25, -0.2) is 0 Å². The Bertz CT molecular complexity index is 322. The Balaban J connectivity index is 2.75. The van der Waals surface area contributed by atoms with E-state index in [4.69, 9.17) is 5.73 Å². The Morgan fingerprint density at radius 3 is 2.50 bits per heavy atom. The summed E-state index contributed by atoms with van der Waals surface area (Å²) in [6.45, 7) is 11.2. The first-order valence-corrected chi connectivity index (χ1v) is 6.55. The van der Waals surface area contributed by atoms with Gasteiger partial charge in [-0.05, 0) is 25.3 Å². The van der Waals surface area contributed by atoms with E-state index >= 15 is 0 Å². The van der Waals surface area contributed by atoms with Gasteiger partial charge >= 0.3 is 0 Å². The minimum atomic E-state index is 0.120. The third-order valence-electron chi connectivity index (χ3n) is 2.45. The van der Waals surface area contributed by atoms with E-state index in [1.165, 1.54) is 0 Å². The third-order valence-corrected chi connectivity index (χ3v) is 3.35. The zero-order chi connectivity index (χ0) is 12.2. The molecular weight excluding hydrogens is 220 g/mol. The number of aryl methyl sites for hydroxylation is 1. The van der Waals surface area contributed by atoms with Crippen molar-refractivity contribution in [2.24, 2.45) is 11.1 Å². The van der Waals surface area contributed by atoms with Gasteiger partial charge in [0.15, 0.2) is 0 Å². The van der Waals surface area contributed by atoms with Crippen LogP contribution in [0.4, 0.5) is 5.13 Å². The van der Waals surface area contributed by atoms with Crippen LogP contribution in [0.1, 0.15) is 32.2 Å². The van der Waals surface area contributed by atoms with Gasteiger partial charge in [-0.3, -0.25) is 0 Å². The van der Waals surface area contributed by atoms with Gasteiger partial charge in [0, 0.05) is 13.1 Å². The molecule has 0 fully saturated rings. The third kappa shape index (κ3) is 3.72. The van der Waals surface area contributed by atoms with Gasteiger partial charge < -0.3 is 10.6 Å². The number of hydrogen-bond acceptors (Lipinski definition) is 5. The predicted molar refractivity (Wildman–Crippen MR) is 70.0 cm³/mol. The number of rotatable bonds is 6. The smallest absolute Gasteiger partial charge is 0.208 e. The summed E-state index contributed by atoms with van der Waals surface area (Å²) < 4.78 is 0. The van der Waals surface area contributed by atoms with Crippen LogP contribution in [0.25, 0.3) is 0 Å². The molecule has 0 aromatic carbocycles. The number of anilines is 1. The lowest BCUT2D eigenvalue weighted by Crippen LogP contribution is -2.39. The zero-order valence-electron chi connectivity index (χ0n) is 10.7. The van der Waals surface area contributed by atoms with Crippen LogP contribution in [-0.2, 0) is 0 Å². The number of nitrogens with two attached hydrogens (primary N) is 1. The number of nitrogens with zero attached hydrogens (tertiary/aromatic N) is 3. The molecule has 5 heteroatoms. The number of hydrogen-bond donors (Lipinski definition) is 1. The summed E-state index contributed by atoms with van der Waals surface area (Å²) >= 11 is 1.65. The van der Waals surface area contributed by atoms with E-state index in [1.54, 1.807) is 11.3 Å². The molecule has 1 aromatic heterocycles. The molecule has 0 aliphatic heterocycles. The van der Waals surface area contributed by atoms with E-state index < -0.39 is 0 Å². The van der Waals surface area contributed by atoms with E-state index in [0.29, 0.717) is 6.54 Å². The van der Waals surface area contributed by atoms with Gasteiger partial charge in [0.1, 0.15) is 5.01 Å². The first-order chi connectivity index (χ1) is 7.48. The molecule has 4 nitrogen and oxygen atoms in total. The first kappa shape index (κ1) is 13.4. The summed E-state index contributed by atoms with van der Waals surface area (Å²) in [5, 5.41) is 10.3. The van der Waals surface area contributed by atoms with Crippen molar-refractivity contribution in [3.05, 3.63) is 5.01 Å². The van der Waals surface area contributed by atoms with Gasteiger partial charge in [0.2, 0.25) is 5.13 Å². The SMILES string of the molecule is CCCN(CC(C)(C)CN)c1nnc(C)s1. The molecule has 0 saturated heterocycles. The van der Waals surface area contributed by atoms with E-state index in [9.17, 15) is 0 Å². The molecule has 2 N–H and O–H groups in total. The fourth-order valence-electron chi connectivity index (χ4n) is 1.51. The van der Waals surface area contributed by atoms with Crippen LogP contribution in [0.2, 0.25) is 0 Å². The first-order valence-electron chi connectivity index (χ1n) is 5.73. The average Bonchev–Trinajstić information content (AvgIpc) is 2.64. The maximum Gasteiger partial charge on any atom is 0.208 e. The fraction of sp³-hybridized carbons (Fsp3) is 0.818. The largest absolute Gasteiger partial charge is 0.346 e. The van der Waals surface area contributed by atoms with Crippen molar-refractivity contribution >= 4 is 16.5 Å². The van der Waals surface area contributed by atoms with Crippen LogP contribution >= 0.6 is 11.3 Å². The van der Waals surface area contributed by atoms with Crippen molar-refractivity contribution in [2.45, 2.75) is 34.1 Å². The lowest BCUT2D eigenvalue weighted by Gasteiger charge is -2.31. The molecule has 0 aliphatic carbocycles. The Hall–Kier alpha value is -0.680. The molecule has 92 valence electrons. The molecule has 0 amide bonds. The quantitative estimate of drug-likeness (QED) is 0.829. The lowest BCUT2D eigenvalue weighted by molar-refractivity contribution is 0.377. The highest BCUT2D eigenvalue weighted by atomic mass is 32.1. The van der Waals surface area contributed by atoms with Gasteiger partial charge in [-0.2, -0.15) is 0 Å². The molecule has 0 radical (unpaired) electrons. The van der Waals surface area contributed by atoms with Crippen LogP contribution in [0.3, 0.4) is 0 Å². The highest BCUT2D eigenvalue weighted by molar-refractivity contribution is 7.15. The van der Waals surface area contributed by atoms with Crippen molar-refractivity contribution in [1.82, 2.24) is 10.2 Å². The Morgan fingerprint density at radius 1 is 1.38 bits per heavy atom. The van der Waals surface area contributed by atoms with Crippen LogP contribution < -0.4 is 10.6 Å². The predicted octanol–water partition coefficient (Wildman–Crippen LogP) is 2.05. The molecule has 1 rings (SSSR count). The molecule has 0 spiro atoms. The highest BCUT2D eigenvalue weighted by Crippen LogP contribution is 2.24. The molecule has 0 aliphatic rings. The summed E-state index contributed by atoms with van der Waals surface area (Å²) in [4.78, 5) is 2.29. The average molecular weight is 242 g/mol. The highest BCUT2D eigenvalue weighted by Gasteiger charge is 2.21. The summed E-state index contributed by atoms with van der Waals surface area (Å²) in [5.41, 5.74) is 5.89. The standard InChI is InChI=1S/C11H22N4S/c1-5-6-15(8-11(3,4)7-12)10-14-13-9(2)16-10/h5-8,12H2,1-4H3. The lowest BCUT2D eigenvalue weighted by atomic mass is 9.93. The van der Waals surface area contributed by atoms with Crippen molar-refractivity contribution < 1.29 is 0 Å². The second-order valence-electron chi connectivity index (χ2n) is 4.89. The molecule has 1 aromatic rings. The molecule has 0 bridgehead atoms. The molecule has 0 unspecified atom stereocenters. The maximum atomic E-state index is 5.77.